The molecular weight excluding hydrogens is 190 g/mol. The summed E-state index contributed by atoms with van der Waals surface area (Å²) in [5.41, 5.74) is 1.73. The van der Waals surface area contributed by atoms with Crippen LogP contribution in [0, 0.1) is 6.92 Å². The molecule has 1 unspecified atom stereocenters. The van der Waals surface area contributed by atoms with Gasteiger partial charge in [-0.05, 0) is 26.3 Å². The summed E-state index contributed by atoms with van der Waals surface area (Å²) < 4.78 is 0. The molecule has 3 heteroatoms. The number of carbonyl (C=O) groups is 1. The van der Waals surface area contributed by atoms with Crippen LogP contribution in [0.15, 0.2) is 24.3 Å². The predicted octanol–water partition coefficient (Wildman–Crippen LogP) is 1.55. The lowest BCUT2D eigenvalue weighted by molar-refractivity contribution is -0.130. The molecular formula is C12H17NO2. The fraction of sp³-hybridized carbons (Fsp3) is 0.417. The van der Waals surface area contributed by atoms with Crippen LogP contribution < -0.4 is 5.32 Å². The zero-order valence-corrected chi connectivity index (χ0v) is 9.32. The molecule has 1 aromatic rings. The average molecular weight is 207 g/mol. The first kappa shape index (κ1) is 11.7. The van der Waals surface area contributed by atoms with Gasteiger partial charge >= 0.3 is 0 Å². The minimum absolute atomic E-state index is 0.0394. The average Bonchev–Trinajstić information content (AvgIpc) is 2.17. The number of aliphatic hydroxyl groups excluding tert-OH is 1. The maximum atomic E-state index is 11.5. The molecule has 1 rings (SSSR count). The van der Waals surface area contributed by atoms with Crippen LogP contribution in [0.5, 0.6) is 0 Å². The minimum Gasteiger partial charge on any atom is -0.378 e. The van der Waals surface area contributed by atoms with E-state index >= 15 is 0 Å². The second-order valence-corrected chi connectivity index (χ2v) is 3.98. The largest absolute Gasteiger partial charge is 0.378 e. The van der Waals surface area contributed by atoms with Gasteiger partial charge in [0.1, 0.15) is 0 Å². The van der Waals surface area contributed by atoms with Crippen LogP contribution in [0.2, 0.25) is 0 Å². The lowest BCUT2D eigenvalue weighted by Crippen LogP contribution is -2.34. The van der Waals surface area contributed by atoms with Gasteiger partial charge in [0.2, 0.25) is 0 Å². The van der Waals surface area contributed by atoms with E-state index in [-0.39, 0.29) is 11.9 Å². The summed E-state index contributed by atoms with van der Waals surface area (Å²) in [6.07, 6.45) is -1.08. The van der Waals surface area contributed by atoms with E-state index < -0.39 is 6.10 Å². The first-order chi connectivity index (χ1) is 7.00. The van der Waals surface area contributed by atoms with E-state index in [1.807, 2.05) is 32.9 Å². The van der Waals surface area contributed by atoms with Crippen molar-refractivity contribution in [2.24, 2.45) is 0 Å². The standard InChI is InChI=1S/C12H17NO2/c1-8(2)13-12(15)11(14)10-6-4-9(3)5-7-10/h4-8,11,14H,1-3H3,(H,13,15). The third-order valence-electron chi connectivity index (χ3n) is 2.07. The van der Waals surface area contributed by atoms with E-state index in [4.69, 9.17) is 0 Å². The number of hydrogen-bond acceptors (Lipinski definition) is 2. The second kappa shape index (κ2) is 4.94. The first-order valence-electron chi connectivity index (χ1n) is 5.05. The summed E-state index contributed by atoms with van der Waals surface area (Å²) in [5, 5.41) is 12.4. The molecule has 0 heterocycles. The minimum atomic E-state index is -1.08. The molecule has 1 amide bonds. The van der Waals surface area contributed by atoms with E-state index in [1.165, 1.54) is 0 Å². The zero-order valence-electron chi connectivity index (χ0n) is 9.32. The van der Waals surface area contributed by atoms with E-state index in [0.29, 0.717) is 5.56 Å². The van der Waals surface area contributed by atoms with Crippen LogP contribution in [0.4, 0.5) is 0 Å². The second-order valence-electron chi connectivity index (χ2n) is 3.98. The van der Waals surface area contributed by atoms with Gasteiger partial charge in [0.25, 0.3) is 5.91 Å². The number of hydrogen-bond donors (Lipinski definition) is 2. The van der Waals surface area contributed by atoms with Gasteiger partial charge in [-0.15, -0.1) is 0 Å². The van der Waals surface area contributed by atoms with Gasteiger partial charge in [-0.3, -0.25) is 4.79 Å². The third kappa shape index (κ3) is 3.36. The lowest BCUT2D eigenvalue weighted by atomic mass is 10.1. The molecule has 0 aromatic heterocycles. The SMILES string of the molecule is Cc1ccc(C(O)C(=O)NC(C)C)cc1. The topological polar surface area (TPSA) is 49.3 Å². The fourth-order valence-electron chi connectivity index (χ4n) is 1.26. The van der Waals surface area contributed by atoms with Crippen molar-refractivity contribution in [1.82, 2.24) is 5.32 Å². The molecule has 0 aliphatic heterocycles. The predicted molar refractivity (Wildman–Crippen MR) is 59.4 cm³/mol. The van der Waals surface area contributed by atoms with E-state index in [2.05, 4.69) is 5.32 Å². The number of aryl methyl sites for hydroxylation is 1. The monoisotopic (exact) mass is 207 g/mol. The molecule has 82 valence electrons. The normalized spacial score (nSPS) is 12.6. The van der Waals surface area contributed by atoms with Gasteiger partial charge in [-0.2, -0.15) is 0 Å². The van der Waals surface area contributed by atoms with Gasteiger partial charge in [0, 0.05) is 6.04 Å². The number of aliphatic hydroxyl groups is 1. The summed E-state index contributed by atoms with van der Waals surface area (Å²) >= 11 is 0. The van der Waals surface area contributed by atoms with Crippen molar-refractivity contribution in [1.29, 1.82) is 0 Å². The Morgan fingerprint density at radius 3 is 2.27 bits per heavy atom. The van der Waals surface area contributed by atoms with Gasteiger partial charge in [0.15, 0.2) is 6.10 Å². The van der Waals surface area contributed by atoms with Gasteiger partial charge < -0.3 is 10.4 Å². The highest BCUT2D eigenvalue weighted by Crippen LogP contribution is 2.13. The molecule has 0 saturated carbocycles. The fourth-order valence-corrected chi connectivity index (χ4v) is 1.26. The third-order valence-corrected chi connectivity index (χ3v) is 2.07. The van der Waals surface area contributed by atoms with Crippen molar-refractivity contribution in [3.63, 3.8) is 0 Å². The molecule has 1 aromatic carbocycles. The van der Waals surface area contributed by atoms with Crippen LogP contribution in [-0.2, 0) is 4.79 Å². The number of amides is 1. The summed E-state index contributed by atoms with van der Waals surface area (Å²) in [6, 6.07) is 7.32. The summed E-state index contributed by atoms with van der Waals surface area (Å²) in [5.74, 6) is -0.353. The van der Waals surface area contributed by atoms with Crippen molar-refractivity contribution >= 4 is 5.91 Å². The highest BCUT2D eigenvalue weighted by Gasteiger charge is 2.17. The zero-order chi connectivity index (χ0) is 11.4. The number of rotatable bonds is 3. The molecule has 2 N–H and O–H groups in total. The summed E-state index contributed by atoms with van der Waals surface area (Å²) in [6.45, 7) is 5.68. The van der Waals surface area contributed by atoms with E-state index in [1.54, 1.807) is 12.1 Å². The molecule has 0 aliphatic carbocycles. The molecule has 0 spiro atoms. The van der Waals surface area contributed by atoms with Crippen molar-refractivity contribution < 1.29 is 9.90 Å². The maximum absolute atomic E-state index is 11.5. The Labute approximate surface area is 90.1 Å². The van der Waals surface area contributed by atoms with Gasteiger partial charge in [-0.25, -0.2) is 0 Å². The highest BCUT2D eigenvalue weighted by atomic mass is 16.3. The van der Waals surface area contributed by atoms with Crippen molar-refractivity contribution in [3.8, 4) is 0 Å². The Bertz CT molecular complexity index is 330. The summed E-state index contributed by atoms with van der Waals surface area (Å²) in [7, 11) is 0. The van der Waals surface area contributed by atoms with Crippen LogP contribution in [0.1, 0.15) is 31.1 Å². The lowest BCUT2D eigenvalue weighted by Gasteiger charge is -2.13. The maximum Gasteiger partial charge on any atom is 0.253 e. The Hall–Kier alpha value is -1.35. The first-order valence-corrected chi connectivity index (χ1v) is 5.05. The quantitative estimate of drug-likeness (QED) is 0.790. The molecule has 0 aliphatic rings. The highest BCUT2D eigenvalue weighted by molar-refractivity contribution is 5.82. The number of benzene rings is 1. The van der Waals surface area contributed by atoms with Crippen LogP contribution in [-0.4, -0.2) is 17.1 Å². The van der Waals surface area contributed by atoms with Crippen molar-refractivity contribution in [2.75, 3.05) is 0 Å². The molecule has 15 heavy (non-hydrogen) atoms. The van der Waals surface area contributed by atoms with Crippen LogP contribution in [0.3, 0.4) is 0 Å². The molecule has 0 bridgehead atoms. The molecule has 0 saturated heterocycles. The molecule has 0 fully saturated rings. The Morgan fingerprint density at radius 2 is 1.80 bits per heavy atom. The van der Waals surface area contributed by atoms with Crippen molar-refractivity contribution in [3.05, 3.63) is 35.4 Å². The van der Waals surface area contributed by atoms with Crippen molar-refractivity contribution in [2.45, 2.75) is 32.9 Å². The molecule has 0 radical (unpaired) electrons. The van der Waals surface area contributed by atoms with Gasteiger partial charge in [-0.1, -0.05) is 29.8 Å². The Kier molecular flexibility index (Phi) is 3.86. The summed E-state index contributed by atoms with van der Waals surface area (Å²) in [4.78, 5) is 11.5. The van der Waals surface area contributed by atoms with E-state index in [9.17, 15) is 9.90 Å². The van der Waals surface area contributed by atoms with Gasteiger partial charge in [0.05, 0.1) is 0 Å². The molecule has 1 atom stereocenters. The van der Waals surface area contributed by atoms with Crippen LogP contribution in [0.25, 0.3) is 0 Å². The smallest absolute Gasteiger partial charge is 0.253 e. The number of carbonyl (C=O) groups excluding carboxylic acids is 1. The van der Waals surface area contributed by atoms with E-state index in [0.717, 1.165) is 5.56 Å². The van der Waals surface area contributed by atoms with Crippen LogP contribution >= 0.6 is 0 Å². The Morgan fingerprint density at radius 1 is 1.27 bits per heavy atom. The Balaban J connectivity index is 2.71. The molecule has 3 nitrogen and oxygen atoms in total. The number of nitrogens with one attached hydrogen (secondary N) is 1.